The van der Waals surface area contributed by atoms with E-state index >= 15 is 0 Å². The van der Waals surface area contributed by atoms with Crippen LogP contribution in [0.1, 0.15) is 19.8 Å². The highest BCUT2D eigenvalue weighted by Crippen LogP contribution is 2.06. The van der Waals surface area contributed by atoms with Crippen LogP contribution in [-0.2, 0) is 0 Å². The molecule has 0 fully saturated rings. The van der Waals surface area contributed by atoms with E-state index in [1.807, 2.05) is 13.0 Å². The highest BCUT2D eigenvalue weighted by molar-refractivity contribution is 5.01. The Morgan fingerprint density at radius 1 is 1.64 bits per heavy atom. The van der Waals surface area contributed by atoms with Crippen molar-refractivity contribution < 1.29 is 10.2 Å². The molecule has 0 radical (unpaired) electrons. The Morgan fingerprint density at radius 3 is 2.64 bits per heavy atom. The zero-order valence-corrected chi connectivity index (χ0v) is 6.95. The molecule has 11 heavy (non-hydrogen) atoms. The highest BCUT2D eigenvalue weighted by atomic mass is 16.3. The fourth-order valence-electron chi connectivity index (χ4n) is 0.766. The van der Waals surface area contributed by atoms with Crippen LogP contribution in [0.15, 0.2) is 24.3 Å². The second-order valence-corrected chi connectivity index (χ2v) is 2.45. The first-order valence-corrected chi connectivity index (χ1v) is 3.80. The molecule has 0 spiro atoms. The van der Waals surface area contributed by atoms with Gasteiger partial charge in [0.1, 0.15) is 0 Å². The molecule has 64 valence electrons. The van der Waals surface area contributed by atoms with Crippen LogP contribution in [-0.4, -0.2) is 22.9 Å². The van der Waals surface area contributed by atoms with Crippen molar-refractivity contribution in [2.45, 2.75) is 25.9 Å². The molecule has 2 N–H and O–H groups in total. The lowest BCUT2D eigenvalue weighted by Gasteiger charge is -2.05. The molecule has 0 aromatic rings. The second kappa shape index (κ2) is 6.13. The molecule has 1 unspecified atom stereocenters. The Hall–Kier alpha value is -0.600. The molecule has 0 heterocycles. The van der Waals surface area contributed by atoms with Crippen LogP contribution in [0.3, 0.4) is 0 Å². The van der Waals surface area contributed by atoms with Crippen LogP contribution in [0.5, 0.6) is 0 Å². The minimum atomic E-state index is -0.448. The van der Waals surface area contributed by atoms with Gasteiger partial charge >= 0.3 is 0 Å². The van der Waals surface area contributed by atoms with E-state index in [1.54, 1.807) is 0 Å². The summed E-state index contributed by atoms with van der Waals surface area (Å²) in [5.41, 5.74) is 0.964. The fourth-order valence-corrected chi connectivity index (χ4v) is 0.766. The molecule has 0 aliphatic carbocycles. The molecular formula is C9H16O2. The zero-order valence-electron chi connectivity index (χ0n) is 6.95. The SMILES string of the molecule is C=CC(O)CC/C(=C/C)CO. The Labute approximate surface area is 67.9 Å². The molecule has 0 rings (SSSR count). The molecule has 0 aromatic carbocycles. The number of hydrogen-bond acceptors (Lipinski definition) is 2. The Morgan fingerprint density at radius 2 is 2.27 bits per heavy atom. The number of aliphatic hydroxyl groups is 2. The Kier molecular flexibility index (Phi) is 5.80. The lowest BCUT2D eigenvalue weighted by molar-refractivity contribution is 0.211. The minimum Gasteiger partial charge on any atom is -0.392 e. The summed E-state index contributed by atoms with van der Waals surface area (Å²) < 4.78 is 0. The summed E-state index contributed by atoms with van der Waals surface area (Å²) >= 11 is 0. The summed E-state index contributed by atoms with van der Waals surface area (Å²) in [7, 11) is 0. The molecule has 2 nitrogen and oxygen atoms in total. The molecule has 0 amide bonds. The average molecular weight is 156 g/mol. The Balaban J connectivity index is 3.59. The van der Waals surface area contributed by atoms with Crippen molar-refractivity contribution in [2.75, 3.05) is 6.61 Å². The van der Waals surface area contributed by atoms with Gasteiger partial charge in [0, 0.05) is 0 Å². The van der Waals surface area contributed by atoms with E-state index < -0.39 is 6.10 Å². The van der Waals surface area contributed by atoms with Crippen LogP contribution in [0.2, 0.25) is 0 Å². The van der Waals surface area contributed by atoms with E-state index in [9.17, 15) is 0 Å². The lowest BCUT2D eigenvalue weighted by Crippen LogP contribution is -2.02. The normalized spacial score (nSPS) is 14.6. The molecule has 0 aliphatic rings. The third-order valence-electron chi connectivity index (χ3n) is 1.64. The molecule has 0 bridgehead atoms. The van der Waals surface area contributed by atoms with Gasteiger partial charge in [-0.05, 0) is 25.3 Å². The lowest BCUT2D eigenvalue weighted by atomic mass is 10.1. The maximum atomic E-state index is 9.07. The first kappa shape index (κ1) is 10.4. The van der Waals surface area contributed by atoms with Crippen molar-refractivity contribution >= 4 is 0 Å². The van der Waals surface area contributed by atoms with Crippen molar-refractivity contribution in [2.24, 2.45) is 0 Å². The van der Waals surface area contributed by atoms with Crippen molar-refractivity contribution in [3.8, 4) is 0 Å². The predicted octanol–water partition coefficient (Wildman–Crippen LogP) is 1.25. The minimum absolute atomic E-state index is 0.0837. The van der Waals surface area contributed by atoms with Crippen molar-refractivity contribution in [1.29, 1.82) is 0 Å². The molecule has 0 saturated carbocycles. The quantitative estimate of drug-likeness (QED) is 0.588. The van der Waals surface area contributed by atoms with Gasteiger partial charge in [-0.25, -0.2) is 0 Å². The first-order valence-electron chi connectivity index (χ1n) is 3.80. The van der Waals surface area contributed by atoms with Crippen molar-refractivity contribution in [1.82, 2.24) is 0 Å². The topological polar surface area (TPSA) is 40.5 Å². The van der Waals surface area contributed by atoms with Crippen LogP contribution in [0.25, 0.3) is 0 Å². The molecule has 0 aliphatic heterocycles. The van der Waals surface area contributed by atoms with Gasteiger partial charge in [0.05, 0.1) is 12.7 Å². The summed E-state index contributed by atoms with van der Waals surface area (Å²) in [6.07, 6.45) is 4.31. The third kappa shape index (κ3) is 4.76. The summed E-state index contributed by atoms with van der Waals surface area (Å²) in [4.78, 5) is 0. The van der Waals surface area contributed by atoms with Gasteiger partial charge < -0.3 is 10.2 Å². The summed E-state index contributed by atoms with van der Waals surface area (Å²) in [6, 6.07) is 0. The third-order valence-corrected chi connectivity index (χ3v) is 1.64. The van der Waals surface area contributed by atoms with Crippen LogP contribution in [0.4, 0.5) is 0 Å². The van der Waals surface area contributed by atoms with Gasteiger partial charge in [-0.1, -0.05) is 12.2 Å². The molecule has 2 heteroatoms. The smallest absolute Gasteiger partial charge is 0.0721 e. The van der Waals surface area contributed by atoms with Gasteiger partial charge in [-0.15, -0.1) is 6.58 Å². The number of rotatable bonds is 5. The molecule has 1 atom stereocenters. The molecule has 0 aromatic heterocycles. The van der Waals surface area contributed by atoms with Gasteiger partial charge in [-0.2, -0.15) is 0 Å². The van der Waals surface area contributed by atoms with Gasteiger partial charge in [0.2, 0.25) is 0 Å². The van der Waals surface area contributed by atoms with E-state index in [0.29, 0.717) is 6.42 Å². The summed E-state index contributed by atoms with van der Waals surface area (Å²) in [6.45, 7) is 5.42. The number of hydrogen-bond donors (Lipinski definition) is 2. The summed E-state index contributed by atoms with van der Waals surface area (Å²) in [5, 5.41) is 17.8. The van der Waals surface area contributed by atoms with E-state index in [2.05, 4.69) is 6.58 Å². The average Bonchev–Trinajstić information content (AvgIpc) is 2.06. The Bertz CT molecular complexity index is 138. The van der Waals surface area contributed by atoms with E-state index in [1.165, 1.54) is 6.08 Å². The standard InChI is InChI=1S/C9H16O2/c1-3-8(7-10)5-6-9(11)4-2/h3-4,9-11H,2,5-7H2,1H3/b8-3-. The first-order chi connectivity index (χ1) is 5.24. The van der Waals surface area contributed by atoms with Gasteiger partial charge in [-0.3, -0.25) is 0 Å². The maximum Gasteiger partial charge on any atom is 0.0721 e. The molecular weight excluding hydrogens is 140 g/mol. The molecule has 0 saturated heterocycles. The number of allylic oxidation sites excluding steroid dienone is 1. The van der Waals surface area contributed by atoms with Crippen molar-refractivity contribution in [3.05, 3.63) is 24.3 Å². The van der Waals surface area contributed by atoms with Crippen LogP contribution < -0.4 is 0 Å². The van der Waals surface area contributed by atoms with E-state index in [4.69, 9.17) is 10.2 Å². The monoisotopic (exact) mass is 156 g/mol. The van der Waals surface area contributed by atoms with Gasteiger partial charge in [0.15, 0.2) is 0 Å². The maximum absolute atomic E-state index is 9.07. The fraction of sp³-hybridized carbons (Fsp3) is 0.556. The second-order valence-electron chi connectivity index (χ2n) is 2.45. The van der Waals surface area contributed by atoms with Crippen molar-refractivity contribution in [3.63, 3.8) is 0 Å². The van der Waals surface area contributed by atoms with Crippen LogP contribution in [0, 0.1) is 0 Å². The predicted molar refractivity (Wildman–Crippen MR) is 46.3 cm³/mol. The largest absolute Gasteiger partial charge is 0.392 e. The highest BCUT2D eigenvalue weighted by Gasteiger charge is 1.99. The summed E-state index contributed by atoms with van der Waals surface area (Å²) in [5.74, 6) is 0. The zero-order chi connectivity index (χ0) is 8.69. The van der Waals surface area contributed by atoms with Crippen LogP contribution >= 0.6 is 0 Å². The van der Waals surface area contributed by atoms with E-state index in [-0.39, 0.29) is 6.61 Å². The van der Waals surface area contributed by atoms with Gasteiger partial charge in [0.25, 0.3) is 0 Å². The van der Waals surface area contributed by atoms with E-state index in [0.717, 1.165) is 12.0 Å². The number of aliphatic hydroxyl groups excluding tert-OH is 2.